The van der Waals surface area contributed by atoms with Gasteiger partial charge in [-0.15, -0.1) is 0 Å². The number of rotatable bonds is 6. The van der Waals surface area contributed by atoms with E-state index in [9.17, 15) is 4.39 Å². The zero-order valence-corrected chi connectivity index (χ0v) is 14.4. The van der Waals surface area contributed by atoms with Crippen LogP contribution in [0.1, 0.15) is 18.2 Å². The van der Waals surface area contributed by atoms with Gasteiger partial charge in [0.2, 0.25) is 0 Å². The summed E-state index contributed by atoms with van der Waals surface area (Å²) in [5, 5.41) is 6.39. The van der Waals surface area contributed by atoms with Crippen molar-refractivity contribution in [1.29, 1.82) is 0 Å². The van der Waals surface area contributed by atoms with Gasteiger partial charge < -0.3 is 15.5 Å². The molecule has 0 aliphatic carbocycles. The van der Waals surface area contributed by atoms with E-state index in [1.807, 2.05) is 50.2 Å². The van der Waals surface area contributed by atoms with Crippen molar-refractivity contribution < 1.29 is 4.39 Å². The van der Waals surface area contributed by atoms with Crippen molar-refractivity contribution in [3.63, 3.8) is 0 Å². The van der Waals surface area contributed by atoms with Gasteiger partial charge >= 0.3 is 0 Å². The van der Waals surface area contributed by atoms with Crippen LogP contribution in [0.2, 0.25) is 0 Å². The Bertz CT molecular complexity index is 685. The first kappa shape index (κ1) is 17.7. The number of hydrogen-bond donors (Lipinski definition) is 2. The fourth-order valence-electron chi connectivity index (χ4n) is 2.12. The van der Waals surface area contributed by atoms with Crippen LogP contribution in [0.3, 0.4) is 0 Å². The summed E-state index contributed by atoms with van der Waals surface area (Å²) in [6.07, 6.45) is 0. The third-order valence-corrected chi connectivity index (χ3v) is 3.40. The quantitative estimate of drug-likeness (QED) is 0.632. The summed E-state index contributed by atoms with van der Waals surface area (Å²) in [7, 11) is 3.92. The predicted octanol–water partition coefficient (Wildman–Crippen LogP) is 2.54. The van der Waals surface area contributed by atoms with Crippen molar-refractivity contribution in [3.8, 4) is 0 Å². The maximum atomic E-state index is 13.7. The zero-order valence-electron chi connectivity index (χ0n) is 14.4. The number of anilines is 1. The summed E-state index contributed by atoms with van der Waals surface area (Å²) < 4.78 is 13.7. The molecule has 0 saturated heterocycles. The molecule has 1 heterocycles. The van der Waals surface area contributed by atoms with E-state index < -0.39 is 0 Å². The summed E-state index contributed by atoms with van der Waals surface area (Å²) >= 11 is 0. The summed E-state index contributed by atoms with van der Waals surface area (Å²) in [5.74, 6) is 1.30. The molecule has 0 spiro atoms. The molecule has 0 aliphatic rings. The molecular formula is C18H24FN5. The second kappa shape index (κ2) is 8.86. The predicted molar refractivity (Wildman–Crippen MR) is 96.6 cm³/mol. The summed E-state index contributed by atoms with van der Waals surface area (Å²) in [5.41, 5.74) is 1.49. The Hall–Kier alpha value is -2.63. The molecule has 1 aromatic heterocycles. The average molecular weight is 329 g/mol. The molecule has 128 valence electrons. The Balaban J connectivity index is 2.02. The fourth-order valence-corrected chi connectivity index (χ4v) is 2.12. The lowest BCUT2D eigenvalue weighted by Crippen LogP contribution is -2.37. The van der Waals surface area contributed by atoms with Gasteiger partial charge in [-0.25, -0.2) is 14.4 Å². The number of pyridine rings is 1. The lowest BCUT2D eigenvalue weighted by atomic mass is 10.2. The largest absolute Gasteiger partial charge is 0.363 e. The molecule has 0 atom stereocenters. The van der Waals surface area contributed by atoms with Gasteiger partial charge in [0.15, 0.2) is 5.96 Å². The number of guanidine groups is 1. The van der Waals surface area contributed by atoms with Crippen molar-refractivity contribution >= 4 is 11.8 Å². The summed E-state index contributed by atoms with van der Waals surface area (Å²) in [6.45, 7) is 3.55. The van der Waals surface area contributed by atoms with Crippen LogP contribution in [-0.4, -0.2) is 31.6 Å². The van der Waals surface area contributed by atoms with E-state index in [4.69, 9.17) is 0 Å². The Morgan fingerprint density at radius 2 is 1.92 bits per heavy atom. The Kier molecular flexibility index (Phi) is 6.54. The number of halogens is 1. The number of hydrogen-bond acceptors (Lipinski definition) is 3. The monoisotopic (exact) mass is 329 g/mol. The van der Waals surface area contributed by atoms with E-state index in [0.717, 1.165) is 18.1 Å². The Morgan fingerprint density at radius 1 is 1.12 bits per heavy atom. The van der Waals surface area contributed by atoms with E-state index in [0.29, 0.717) is 18.1 Å². The van der Waals surface area contributed by atoms with Crippen LogP contribution < -0.4 is 15.5 Å². The van der Waals surface area contributed by atoms with E-state index in [1.54, 1.807) is 12.1 Å². The Morgan fingerprint density at radius 3 is 2.62 bits per heavy atom. The van der Waals surface area contributed by atoms with Gasteiger partial charge in [0, 0.05) is 26.2 Å². The van der Waals surface area contributed by atoms with Crippen molar-refractivity contribution in [2.75, 3.05) is 25.5 Å². The highest BCUT2D eigenvalue weighted by molar-refractivity contribution is 5.79. The second-order valence-corrected chi connectivity index (χ2v) is 5.52. The van der Waals surface area contributed by atoms with Crippen LogP contribution in [-0.2, 0) is 13.1 Å². The highest BCUT2D eigenvalue weighted by Gasteiger charge is 2.03. The van der Waals surface area contributed by atoms with Crippen LogP contribution in [0.25, 0.3) is 0 Å². The van der Waals surface area contributed by atoms with E-state index in [-0.39, 0.29) is 12.4 Å². The van der Waals surface area contributed by atoms with Gasteiger partial charge in [-0.3, -0.25) is 0 Å². The topological polar surface area (TPSA) is 52.6 Å². The first-order valence-corrected chi connectivity index (χ1v) is 7.99. The SMILES string of the molecule is CCNC(=NCc1ccccc1F)NCc1cccc(N(C)C)n1. The van der Waals surface area contributed by atoms with Crippen LogP contribution >= 0.6 is 0 Å². The van der Waals surface area contributed by atoms with E-state index in [1.165, 1.54) is 6.07 Å². The molecular weight excluding hydrogens is 305 g/mol. The molecule has 1 aromatic carbocycles. The number of aliphatic imine (C=N–C) groups is 1. The van der Waals surface area contributed by atoms with Gasteiger partial charge in [0.1, 0.15) is 11.6 Å². The third kappa shape index (κ3) is 5.22. The molecule has 5 nitrogen and oxygen atoms in total. The highest BCUT2D eigenvalue weighted by atomic mass is 19.1. The molecule has 0 fully saturated rings. The van der Waals surface area contributed by atoms with Gasteiger partial charge in [-0.1, -0.05) is 24.3 Å². The standard InChI is InChI=1S/C18H24FN5/c1-4-20-18(21-12-14-8-5-6-10-16(14)19)22-13-15-9-7-11-17(23-15)24(2)3/h5-11H,4,12-13H2,1-3H3,(H2,20,21,22). The molecule has 0 saturated carbocycles. The van der Waals surface area contributed by atoms with Crippen molar-refractivity contribution in [3.05, 3.63) is 59.5 Å². The summed E-state index contributed by atoms with van der Waals surface area (Å²) in [4.78, 5) is 11.0. The fraction of sp³-hybridized carbons (Fsp3) is 0.333. The smallest absolute Gasteiger partial charge is 0.191 e. The van der Waals surface area contributed by atoms with Crippen LogP contribution in [0.4, 0.5) is 10.2 Å². The molecule has 6 heteroatoms. The third-order valence-electron chi connectivity index (χ3n) is 3.40. The number of benzene rings is 1. The van der Waals surface area contributed by atoms with Crippen LogP contribution in [0, 0.1) is 5.82 Å². The van der Waals surface area contributed by atoms with Crippen LogP contribution in [0.15, 0.2) is 47.5 Å². The van der Waals surface area contributed by atoms with Gasteiger partial charge in [-0.05, 0) is 25.1 Å². The molecule has 2 rings (SSSR count). The molecule has 0 bridgehead atoms. The normalized spacial score (nSPS) is 11.2. The first-order chi connectivity index (χ1) is 11.6. The minimum absolute atomic E-state index is 0.238. The minimum atomic E-state index is -0.238. The van der Waals surface area contributed by atoms with Gasteiger partial charge in [-0.2, -0.15) is 0 Å². The molecule has 24 heavy (non-hydrogen) atoms. The molecule has 2 aromatic rings. The lowest BCUT2D eigenvalue weighted by Gasteiger charge is -2.14. The molecule has 0 amide bonds. The average Bonchev–Trinajstić information content (AvgIpc) is 2.59. The second-order valence-electron chi connectivity index (χ2n) is 5.52. The minimum Gasteiger partial charge on any atom is -0.363 e. The molecule has 0 unspecified atom stereocenters. The van der Waals surface area contributed by atoms with Gasteiger partial charge in [0.25, 0.3) is 0 Å². The van der Waals surface area contributed by atoms with Gasteiger partial charge in [0.05, 0.1) is 18.8 Å². The number of nitrogens with zero attached hydrogens (tertiary/aromatic N) is 3. The molecule has 0 aliphatic heterocycles. The molecule has 0 radical (unpaired) electrons. The summed E-state index contributed by atoms with van der Waals surface area (Å²) in [6, 6.07) is 12.6. The van der Waals surface area contributed by atoms with Crippen molar-refractivity contribution in [2.45, 2.75) is 20.0 Å². The first-order valence-electron chi connectivity index (χ1n) is 7.99. The van der Waals surface area contributed by atoms with Crippen LogP contribution in [0.5, 0.6) is 0 Å². The van der Waals surface area contributed by atoms with Crippen molar-refractivity contribution in [1.82, 2.24) is 15.6 Å². The van der Waals surface area contributed by atoms with E-state index >= 15 is 0 Å². The zero-order chi connectivity index (χ0) is 17.4. The highest BCUT2D eigenvalue weighted by Crippen LogP contribution is 2.08. The Labute approximate surface area is 142 Å². The maximum Gasteiger partial charge on any atom is 0.191 e. The van der Waals surface area contributed by atoms with E-state index in [2.05, 4.69) is 20.6 Å². The lowest BCUT2D eigenvalue weighted by molar-refractivity contribution is 0.610. The molecule has 2 N–H and O–H groups in total. The number of aromatic nitrogens is 1. The maximum absolute atomic E-state index is 13.7. The number of nitrogens with one attached hydrogen (secondary N) is 2. The van der Waals surface area contributed by atoms with Crippen molar-refractivity contribution in [2.24, 2.45) is 4.99 Å².